The lowest BCUT2D eigenvalue weighted by atomic mass is 10.2. The summed E-state index contributed by atoms with van der Waals surface area (Å²) in [7, 11) is -1.80. The van der Waals surface area contributed by atoms with E-state index in [-0.39, 0.29) is 10.9 Å². The number of rotatable bonds is 5. The van der Waals surface area contributed by atoms with E-state index in [2.05, 4.69) is 5.10 Å². The Morgan fingerprint density at radius 1 is 1.33 bits per heavy atom. The Hall–Kier alpha value is -1.86. The third-order valence-corrected chi connectivity index (χ3v) is 5.41. The van der Waals surface area contributed by atoms with Crippen LogP contribution in [0, 0.1) is 0 Å². The zero-order valence-electron chi connectivity index (χ0n) is 11.8. The van der Waals surface area contributed by atoms with Crippen LogP contribution in [0.1, 0.15) is 18.4 Å². The lowest BCUT2D eigenvalue weighted by Crippen LogP contribution is -2.32. The maximum atomic E-state index is 12.7. The molecule has 6 nitrogen and oxygen atoms in total. The van der Waals surface area contributed by atoms with E-state index in [4.69, 9.17) is 5.73 Å². The molecular formula is C14H18N4O2S. The molecule has 1 aliphatic carbocycles. The maximum Gasteiger partial charge on any atom is 0.246 e. The highest BCUT2D eigenvalue weighted by Crippen LogP contribution is 2.33. The van der Waals surface area contributed by atoms with Crippen molar-refractivity contribution in [1.29, 1.82) is 0 Å². The minimum absolute atomic E-state index is 0.0905. The quantitative estimate of drug-likeness (QED) is 0.846. The average Bonchev–Trinajstić information content (AvgIpc) is 3.18. The first-order valence-electron chi connectivity index (χ1n) is 6.82. The summed E-state index contributed by atoms with van der Waals surface area (Å²) >= 11 is 0. The van der Waals surface area contributed by atoms with Gasteiger partial charge in [0.15, 0.2) is 0 Å². The van der Waals surface area contributed by atoms with E-state index in [1.54, 1.807) is 23.5 Å². The van der Waals surface area contributed by atoms with Crippen LogP contribution in [-0.2, 0) is 23.6 Å². The fourth-order valence-electron chi connectivity index (χ4n) is 2.24. The number of aromatic nitrogens is 2. The van der Waals surface area contributed by atoms with Crippen LogP contribution in [0.4, 0.5) is 5.69 Å². The average molecular weight is 306 g/mol. The molecule has 0 atom stereocenters. The predicted molar refractivity (Wildman–Crippen MR) is 79.8 cm³/mol. The molecule has 1 heterocycles. The van der Waals surface area contributed by atoms with Gasteiger partial charge in [-0.1, -0.05) is 12.1 Å². The number of aryl methyl sites for hydroxylation is 1. The van der Waals surface area contributed by atoms with Gasteiger partial charge in [-0.25, -0.2) is 8.42 Å². The Labute approximate surface area is 124 Å². The molecule has 0 amide bonds. The van der Waals surface area contributed by atoms with E-state index >= 15 is 0 Å². The van der Waals surface area contributed by atoms with Crippen LogP contribution in [0.5, 0.6) is 0 Å². The van der Waals surface area contributed by atoms with Crippen molar-refractivity contribution in [3.63, 3.8) is 0 Å². The van der Waals surface area contributed by atoms with Crippen LogP contribution >= 0.6 is 0 Å². The molecule has 0 bridgehead atoms. The molecule has 0 spiro atoms. The molecule has 2 N–H and O–H groups in total. The summed E-state index contributed by atoms with van der Waals surface area (Å²) in [6.07, 6.45) is 4.75. The van der Waals surface area contributed by atoms with Gasteiger partial charge in [0.2, 0.25) is 10.0 Å². The van der Waals surface area contributed by atoms with Crippen LogP contribution in [-0.4, -0.2) is 28.5 Å². The molecule has 1 aromatic heterocycles. The Kier molecular flexibility index (Phi) is 3.46. The fourth-order valence-corrected chi connectivity index (χ4v) is 3.90. The van der Waals surface area contributed by atoms with Crippen molar-refractivity contribution in [3.05, 3.63) is 42.2 Å². The van der Waals surface area contributed by atoms with E-state index in [1.165, 1.54) is 17.1 Å². The lowest BCUT2D eigenvalue weighted by molar-refractivity contribution is 0.398. The number of anilines is 1. The molecule has 3 rings (SSSR count). The summed E-state index contributed by atoms with van der Waals surface area (Å²) in [5.74, 6) is 0. The van der Waals surface area contributed by atoms with E-state index < -0.39 is 10.0 Å². The highest BCUT2D eigenvalue weighted by molar-refractivity contribution is 7.89. The Morgan fingerprint density at radius 3 is 2.52 bits per heavy atom. The minimum atomic E-state index is -3.51. The van der Waals surface area contributed by atoms with Crippen molar-refractivity contribution in [2.24, 2.45) is 7.05 Å². The topological polar surface area (TPSA) is 81.2 Å². The van der Waals surface area contributed by atoms with Gasteiger partial charge in [-0.2, -0.15) is 9.40 Å². The van der Waals surface area contributed by atoms with Crippen molar-refractivity contribution in [1.82, 2.24) is 14.1 Å². The number of nitrogens with two attached hydrogens (primary N) is 1. The number of hydrogen-bond acceptors (Lipinski definition) is 4. The standard InChI is InChI=1S/C14H18N4O2S/c1-17-10-14(8-16-17)21(19,20)18(13-6-7-13)9-11-2-4-12(15)5-3-11/h2-5,8,10,13H,6-7,9,15H2,1H3. The molecule has 0 unspecified atom stereocenters. The zero-order valence-corrected chi connectivity index (χ0v) is 12.6. The van der Waals surface area contributed by atoms with E-state index in [0.29, 0.717) is 12.2 Å². The summed E-state index contributed by atoms with van der Waals surface area (Å²) in [5.41, 5.74) is 7.27. The molecule has 0 saturated heterocycles. The van der Waals surface area contributed by atoms with Gasteiger partial charge in [0.1, 0.15) is 4.90 Å². The SMILES string of the molecule is Cn1cc(S(=O)(=O)N(Cc2ccc(N)cc2)C2CC2)cn1. The molecule has 2 aromatic rings. The number of hydrogen-bond donors (Lipinski definition) is 1. The first-order valence-corrected chi connectivity index (χ1v) is 8.26. The maximum absolute atomic E-state index is 12.7. The predicted octanol–water partition coefficient (Wildman–Crippen LogP) is 1.36. The Bertz CT molecular complexity index is 733. The van der Waals surface area contributed by atoms with Gasteiger partial charge in [0.05, 0.1) is 6.20 Å². The normalized spacial score (nSPS) is 15.5. The largest absolute Gasteiger partial charge is 0.399 e. The number of nitrogen functional groups attached to an aromatic ring is 1. The number of sulfonamides is 1. The molecule has 1 aliphatic rings. The van der Waals surface area contributed by atoms with Gasteiger partial charge in [0.25, 0.3) is 0 Å². The van der Waals surface area contributed by atoms with Crippen molar-refractivity contribution >= 4 is 15.7 Å². The third-order valence-electron chi connectivity index (χ3n) is 3.56. The van der Waals surface area contributed by atoms with Crippen LogP contribution in [0.25, 0.3) is 0 Å². The van der Waals surface area contributed by atoms with Crippen LogP contribution < -0.4 is 5.73 Å². The molecule has 1 saturated carbocycles. The molecular weight excluding hydrogens is 288 g/mol. The second-order valence-electron chi connectivity index (χ2n) is 5.37. The van der Waals surface area contributed by atoms with E-state index in [0.717, 1.165) is 18.4 Å². The zero-order chi connectivity index (χ0) is 15.0. The highest BCUT2D eigenvalue weighted by atomic mass is 32.2. The monoisotopic (exact) mass is 306 g/mol. The van der Waals surface area contributed by atoms with Gasteiger partial charge in [-0.15, -0.1) is 0 Å². The van der Waals surface area contributed by atoms with E-state index in [9.17, 15) is 8.42 Å². The van der Waals surface area contributed by atoms with Crippen molar-refractivity contribution < 1.29 is 8.42 Å². The smallest absolute Gasteiger partial charge is 0.246 e. The van der Waals surface area contributed by atoms with Crippen molar-refractivity contribution in [2.45, 2.75) is 30.3 Å². The summed E-state index contributed by atoms with van der Waals surface area (Å²) in [4.78, 5) is 0.243. The van der Waals surface area contributed by atoms with Crippen LogP contribution in [0.15, 0.2) is 41.6 Å². The fraction of sp³-hybridized carbons (Fsp3) is 0.357. The van der Waals surface area contributed by atoms with E-state index in [1.807, 2.05) is 12.1 Å². The summed E-state index contributed by atoms with van der Waals surface area (Å²) in [6, 6.07) is 7.40. The third kappa shape index (κ3) is 2.93. The van der Waals surface area contributed by atoms with Crippen LogP contribution in [0.3, 0.4) is 0 Å². The molecule has 0 aliphatic heterocycles. The second-order valence-corrected chi connectivity index (χ2v) is 7.26. The van der Waals surface area contributed by atoms with Crippen molar-refractivity contribution in [3.8, 4) is 0 Å². The summed E-state index contributed by atoms with van der Waals surface area (Å²) in [5, 5.41) is 3.96. The van der Waals surface area contributed by atoms with Gasteiger partial charge in [0, 0.05) is 31.5 Å². The van der Waals surface area contributed by atoms with Gasteiger partial charge in [-0.3, -0.25) is 4.68 Å². The first-order chi connectivity index (χ1) is 9.96. The van der Waals surface area contributed by atoms with Crippen molar-refractivity contribution in [2.75, 3.05) is 5.73 Å². The molecule has 7 heteroatoms. The highest BCUT2D eigenvalue weighted by Gasteiger charge is 2.38. The molecule has 0 radical (unpaired) electrons. The summed E-state index contributed by atoms with van der Waals surface area (Å²) < 4.78 is 28.6. The Morgan fingerprint density at radius 2 is 2.00 bits per heavy atom. The molecule has 1 aromatic carbocycles. The first kappa shape index (κ1) is 14.1. The molecule has 1 fully saturated rings. The summed E-state index contributed by atoms with van der Waals surface area (Å²) in [6.45, 7) is 0.363. The lowest BCUT2D eigenvalue weighted by Gasteiger charge is -2.21. The number of nitrogens with zero attached hydrogens (tertiary/aromatic N) is 3. The molecule has 112 valence electrons. The van der Waals surface area contributed by atoms with Gasteiger partial charge >= 0.3 is 0 Å². The van der Waals surface area contributed by atoms with Gasteiger partial charge < -0.3 is 5.73 Å². The second kappa shape index (κ2) is 5.16. The van der Waals surface area contributed by atoms with Crippen LogP contribution in [0.2, 0.25) is 0 Å². The molecule has 21 heavy (non-hydrogen) atoms. The van der Waals surface area contributed by atoms with Gasteiger partial charge in [-0.05, 0) is 30.5 Å². The minimum Gasteiger partial charge on any atom is -0.399 e. The Balaban J connectivity index is 1.89. The number of benzene rings is 1.